The predicted molar refractivity (Wildman–Crippen MR) is 101 cm³/mol. The van der Waals surface area contributed by atoms with E-state index in [1.165, 1.54) is 57.1 Å². The summed E-state index contributed by atoms with van der Waals surface area (Å²) in [7, 11) is 2.09. The quantitative estimate of drug-likeness (QED) is 0.833. The van der Waals surface area contributed by atoms with E-state index in [-0.39, 0.29) is 5.91 Å². The number of hydrogen-bond acceptors (Lipinski definition) is 3. The minimum atomic E-state index is 0.0932. The number of anilines is 2. The number of hydrogen-bond donors (Lipinski definition) is 1. The first-order valence-corrected chi connectivity index (χ1v) is 9.57. The van der Waals surface area contributed by atoms with E-state index >= 15 is 0 Å². The summed E-state index contributed by atoms with van der Waals surface area (Å²) in [4.78, 5) is 17.0. The van der Waals surface area contributed by atoms with Gasteiger partial charge in [0.15, 0.2) is 0 Å². The van der Waals surface area contributed by atoms with Crippen LogP contribution in [0.2, 0.25) is 0 Å². The lowest BCUT2D eigenvalue weighted by molar-refractivity contribution is -0.117. The van der Waals surface area contributed by atoms with Gasteiger partial charge in [0.05, 0.1) is 6.54 Å². The zero-order chi connectivity index (χ0) is 16.8. The van der Waals surface area contributed by atoms with Crippen molar-refractivity contribution in [2.75, 3.05) is 36.9 Å². The van der Waals surface area contributed by atoms with Crippen molar-refractivity contribution in [1.82, 2.24) is 4.90 Å². The summed E-state index contributed by atoms with van der Waals surface area (Å²) in [5.41, 5.74) is 2.17. The molecule has 1 saturated heterocycles. The molecule has 1 N–H and O–H groups in total. The number of carbonyl (C=O) groups is 1. The molecule has 1 aromatic carbocycles. The van der Waals surface area contributed by atoms with Gasteiger partial charge >= 0.3 is 0 Å². The van der Waals surface area contributed by atoms with Gasteiger partial charge in [-0.05, 0) is 57.0 Å². The fourth-order valence-electron chi connectivity index (χ4n) is 3.99. The Hall–Kier alpha value is -1.55. The Balaban J connectivity index is 1.48. The molecule has 0 aromatic heterocycles. The van der Waals surface area contributed by atoms with Crippen LogP contribution in [0, 0.1) is 0 Å². The minimum absolute atomic E-state index is 0.0932. The van der Waals surface area contributed by atoms with E-state index in [1.54, 1.807) is 0 Å². The van der Waals surface area contributed by atoms with Crippen LogP contribution in [0.5, 0.6) is 0 Å². The third kappa shape index (κ3) is 4.73. The van der Waals surface area contributed by atoms with Gasteiger partial charge in [0.1, 0.15) is 0 Å². The van der Waals surface area contributed by atoms with Gasteiger partial charge in [0, 0.05) is 30.5 Å². The highest BCUT2D eigenvalue weighted by molar-refractivity contribution is 5.92. The summed E-state index contributed by atoms with van der Waals surface area (Å²) in [5.74, 6) is 0.0932. The smallest absolute Gasteiger partial charge is 0.238 e. The van der Waals surface area contributed by atoms with Crippen molar-refractivity contribution in [3.05, 3.63) is 24.3 Å². The molecule has 0 radical (unpaired) electrons. The second-order valence-electron chi connectivity index (χ2n) is 7.35. The highest BCUT2D eigenvalue weighted by atomic mass is 16.2. The number of nitrogens with one attached hydrogen (secondary N) is 1. The van der Waals surface area contributed by atoms with Crippen LogP contribution >= 0.6 is 0 Å². The van der Waals surface area contributed by atoms with Gasteiger partial charge in [-0.15, -0.1) is 0 Å². The van der Waals surface area contributed by atoms with Gasteiger partial charge in [-0.1, -0.05) is 25.7 Å². The minimum Gasteiger partial charge on any atom is -0.372 e. The lowest BCUT2D eigenvalue weighted by Gasteiger charge is -2.26. The third-order valence-electron chi connectivity index (χ3n) is 5.46. The summed E-state index contributed by atoms with van der Waals surface area (Å²) in [6, 6.07) is 8.86. The van der Waals surface area contributed by atoms with Crippen molar-refractivity contribution in [3.8, 4) is 0 Å². The van der Waals surface area contributed by atoms with Gasteiger partial charge in [0.25, 0.3) is 0 Å². The Labute approximate surface area is 146 Å². The second-order valence-corrected chi connectivity index (χ2v) is 7.35. The maximum absolute atomic E-state index is 12.3. The largest absolute Gasteiger partial charge is 0.372 e. The first-order valence-electron chi connectivity index (χ1n) is 9.57. The number of amides is 1. The van der Waals surface area contributed by atoms with Crippen LogP contribution in [0.4, 0.5) is 11.4 Å². The first kappa shape index (κ1) is 17.3. The van der Waals surface area contributed by atoms with E-state index in [0.29, 0.717) is 12.6 Å². The van der Waals surface area contributed by atoms with Crippen LogP contribution in [0.1, 0.15) is 51.4 Å². The highest BCUT2D eigenvalue weighted by Crippen LogP contribution is 2.23. The van der Waals surface area contributed by atoms with Crippen molar-refractivity contribution in [2.24, 2.45) is 0 Å². The van der Waals surface area contributed by atoms with E-state index in [0.717, 1.165) is 18.8 Å². The van der Waals surface area contributed by atoms with Crippen LogP contribution in [-0.4, -0.2) is 43.5 Å². The molecule has 4 nitrogen and oxygen atoms in total. The van der Waals surface area contributed by atoms with Crippen molar-refractivity contribution in [1.29, 1.82) is 0 Å². The van der Waals surface area contributed by atoms with Crippen LogP contribution in [0.3, 0.4) is 0 Å². The molecule has 1 aliphatic heterocycles. The van der Waals surface area contributed by atoms with E-state index < -0.39 is 0 Å². The average molecular weight is 329 g/mol. The van der Waals surface area contributed by atoms with E-state index in [4.69, 9.17) is 0 Å². The van der Waals surface area contributed by atoms with E-state index in [2.05, 4.69) is 34.3 Å². The van der Waals surface area contributed by atoms with Gasteiger partial charge in [-0.3, -0.25) is 9.69 Å². The second kappa shape index (κ2) is 8.52. The molecule has 1 heterocycles. The van der Waals surface area contributed by atoms with E-state index in [1.807, 2.05) is 12.1 Å². The average Bonchev–Trinajstić information content (AvgIpc) is 2.97. The standard InChI is InChI=1S/C20H31N3O/c1-22(18-8-4-2-3-5-9-18)16-20(24)21-17-10-12-19(13-11-17)23-14-6-7-15-23/h10-13,18H,2-9,14-16H2,1H3,(H,21,24). The molecule has 0 bridgehead atoms. The molecule has 0 spiro atoms. The van der Waals surface area contributed by atoms with E-state index in [9.17, 15) is 4.79 Å². The molecule has 3 rings (SSSR count). The molecule has 1 aromatic rings. The van der Waals surface area contributed by atoms with Gasteiger partial charge in [-0.25, -0.2) is 0 Å². The zero-order valence-electron chi connectivity index (χ0n) is 15.0. The Bertz CT molecular complexity index is 514. The molecular weight excluding hydrogens is 298 g/mol. The fraction of sp³-hybridized carbons (Fsp3) is 0.650. The molecule has 2 aliphatic rings. The number of nitrogens with zero attached hydrogens (tertiary/aromatic N) is 2. The molecule has 1 saturated carbocycles. The Morgan fingerprint density at radius 3 is 2.29 bits per heavy atom. The molecule has 2 fully saturated rings. The summed E-state index contributed by atoms with van der Waals surface area (Å²) >= 11 is 0. The van der Waals surface area contributed by atoms with Gasteiger partial charge in [0.2, 0.25) is 5.91 Å². The molecule has 0 atom stereocenters. The summed E-state index contributed by atoms with van der Waals surface area (Å²) < 4.78 is 0. The number of rotatable bonds is 5. The fourth-order valence-corrected chi connectivity index (χ4v) is 3.99. The predicted octanol–water partition coefficient (Wildman–Crippen LogP) is 3.88. The van der Waals surface area contributed by atoms with Crippen molar-refractivity contribution in [3.63, 3.8) is 0 Å². The van der Waals surface area contributed by atoms with Crippen LogP contribution in [-0.2, 0) is 4.79 Å². The molecular formula is C20H31N3O. The number of carbonyl (C=O) groups excluding carboxylic acids is 1. The molecule has 24 heavy (non-hydrogen) atoms. The number of likely N-dealkylation sites (N-methyl/N-ethyl adjacent to an activating group) is 1. The Morgan fingerprint density at radius 1 is 1.04 bits per heavy atom. The molecule has 132 valence electrons. The molecule has 1 aliphatic carbocycles. The maximum atomic E-state index is 12.3. The third-order valence-corrected chi connectivity index (χ3v) is 5.46. The number of benzene rings is 1. The summed E-state index contributed by atoms with van der Waals surface area (Å²) in [6.07, 6.45) is 10.3. The SMILES string of the molecule is CN(CC(=O)Nc1ccc(N2CCCC2)cc1)C1CCCCCC1. The lowest BCUT2D eigenvalue weighted by Crippen LogP contribution is -2.37. The van der Waals surface area contributed by atoms with Crippen molar-refractivity contribution >= 4 is 17.3 Å². The molecule has 4 heteroatoms. The lowest BCUT2D eigenvalue weighted by atomic mass is 10.1. The monoisotopic (exact) mass is 329 g/mol. The first-order chi connectivity index (χ1) is 11.7. The highest BCUT2D eigenvalue weighted by Gasteiger charge is 2.19. The van der Waals surface area contributed by atoms with Crippen molar-refractivity contribution < 1.29 is 4.79 Å². The topological polar surface area (TPSA) is 35.6 Å². The Morgan fingerprint density at radius 2 is 1.67 bits per heavy atom. The zero-order valence-corrected chi connectivity index (χ0v) is 15.0. The van der Waals surface area contributed by atoms with Crippen LogP contribution < -0.4 is 10.2 Å². The van der Waals surface area contributed by atoms with Gasteiger partial charge < -0.3 is 10.2 Å². The van der Waals surface area contributed by atoms with Crippen LogP contribution in [0.25, 0.3) is 0 Å². The maximum Gasteiger partial charge on any atom is 0.238 e. The normalized spacial score (nSPS) is 19.5. The summed E-state index contributed by atoms with van der Waals surface area (Å²) in [5, 5.41) is 3.05. The Kier molecular flexibility index (Phi) is 6.13. The van der Waals surface area contributed by atoms with Crippen LogP contribution in [0.15, 0.2) is 24.3 Å². The molecule has 0 unspecified atom stereocenters. The van der Waals surface area contributed by atoms with Gasteiger partial charge in [-0.2, -0.15) is 0 Å². The van der Waals surface area contributed by atoms with Crippen molar-refractivity contribution in [2.45, 2.75) is 57.4 Å². The molecule has 1 amide bonds. The summed E-state index contributed by atoms with van der Waals surface area (Å²) in [6.45, 7) is 2.79.